The quantitative estimate of drug-likeness (QED) is 0.912. The van der Waals surface area contributed by atoms with Gasteiger partial charge in [-0.25, -0.2) is 18.6 Å². The summed E-state index contributed by atoms with van der Waals surface area (Å²) in [6, 6.07) is 1.58. The number of aryl methyl sites for hydroxylation is 2. The lowest BCUT2D eigenvalue weighted by Crippen LogP contribution is -2.28. The molecular weight excluding hydrogens is 254 g/mol. The van der Waals surface area contributed by atoms with Crippen LogP contribution in [0.3, 0.4) is 0 Å². The maximum atomic E-state index is 12.4. The van der Waals surface area contributed by atoms with E-state index in [1.807, 2.05) is 0 Å². The molecule has 2 rings (SSSR count). The minimum absolute atomic E-state index is 0.00352. The third kappa shape index (κ3) is 3.00. The van der Waals surface area contributed by atoms with Crippen LogP contribution in [-0.4, -0.2) is 36.1 Å². The van der Waals surface area contributed by atoms with Gasteiger partial charge in [0, 0.05) is 12.7 Å². The lowest BCUT2D eigenvalue weighted by molar-refractivity contribution is 0.0696. The number of carboxylic acids is 1. The largest absolute Gasteiger partial charge is 0.478 e. The maximum absolute atomic E-state index is 12.4. The highest BCUT2D eigenvalue weighted by molar-refractivity contribution is 5.93. The topological polar surface area (TPSA) is 53.4 Å². The van der Waals surface area contributed by atoms with E-state index >= 15 is 0 Å². The number of pyridine rings is 1. The summed E-state index contributed by atoms with van der Waals surface area (Å²) in [7, 11) is 1.44. The summed E-state index contributed by atoms with van der Waals surface area (Å²) < 4.78 is 24.9. The first-order valence-electron chi connectivity index (χ1n) is 6.24. The number of carboxylic acid groups (broad SMARTS) is 1. The molecule has 0 bridgehead atoms. The first-order valence-corrected chi connectivity index (χ1v) is 6.24. The van der Waals surface area contributed by atoms with E-state index in [9.17, 15) is 18.7 Å². The predicted molar refractivity (Wildman–Crippen MR) is 67.1 cm³/mol. The zero-order chi connectivity index (χ0) is 14.0. The van der Waals surface area contributed by atoms with Gasteiger partial charge in [0.25, 0.3) is 6.43 Å². The van der Waals surface area contributed by atoms with Gasteiger partial charge in [0.1, 0.15) is 11.4 Å². The fraction of sp³-hybridized carbons (Fsp3) is 0.538. The van der Waals surface area contributed by atoms with Crippen molar-refractivity contribution in [3.63, 3.8) is 0 Å². The fourth-order valence-electron chi connectivity index (χ4n) is 2.36. The standard InChI is InChI=1S/C13H16F2N2O2/c1-17(7-11(14)15)12-9(13(18)19)6-8-4-2-3-5-10(8)16-12/h6,11H,2-5,7H2,1H3,(H,18,19). The number of aromatic carboxylic acids is 1. The van der Waals surface area contributed by atoms with Crippen LogP contribution in [-0.2, 0) is 12.8 Å². The Morgan fingerprint density at radius 1 is 1.47 bits per heavy atom. The molecular formula is C13H16F2N2O2. The van der Waals surface area contributed by atoms with Crippen LogP contribution in [0.1, 0.15) is 34.5 Å². The number of anilines is 1. The normalized spacial score (nSPS) is 14.3. The minimum Gasteiger partial charge on any atom is -0.478 e. The second kappa shape index (κ2) is 5.50. The molecule has 1 aromatic heterocycles. The van der Waals surface area contributed by atoms with Crippen molar-refractivity contribution in [2.24, 2.45) is 0 Å². The predicted octanol–water partition coefficient (Wildman–Crippen LogP) is 2.36. The van der Waals surface area contributed by atoms with E-state index in [4.69, 9.17) is 0 Å². The molecule has 0 spiro atoms. The highest BCUT2D eigenvalue weighted by Crippen LogP contribution is 2.26. The van der Waals surface area contributed by atoms with E-state index in [1.165, 1.54) is 11.9 Å². The molecule has 0 amide bonds. The summed E-state index contributed by atoms with van der Waals surface area (Å²) >= 11 is 0. The van der Waals surface area contributed by atoms with Crippen LogP contribution in [0.15, 0.2) is 6.07 Å². The number of carbonyl (C=O) groups is 1. The van der Waals surface area contributed by atoms with Crippen LogP contribution >= 0.6 is 0 Å². The van der Waals surface area contributed by atoms with Gasteiger partial charge in [0.2, 0.25) is 0 Å². The van der Waals surface area contributed by atoms with Crippen LogP contribution in [0.2, 0.25) is 0 Å². The Morgan fingerprint density at radius 3 is 2.79 bits per heavy atom. The zero-order valence-corrected chi connectivity index (χ0v) is 10.7. The number of hydrogen-bond acceptors (Lipinski definition) is 3. The molecule has 0 saturated carbocycles. The highest BCUT2D eigenvalue weighted by atomic mass is 19.3. The summed E-state index contributed by atoms with van der Waals surface area (Å²) in [5, 5.41) is 9.20. The number of nitrogens with zero attached hydrogens (tertiary/aromatic N) is 2. The van der Waals surface area contributed by atoms with Gasteiger partial charge in [-0.1, -0.05) is 0 Å². The van der Waals surface area contributed by atoms with Crippen molar-refractivity contribution >= 4 is 11.8 Å². The molecule has 6 heteroatoms. The second-order valence-corrected chi connectivity index (χ2v) is 4.75. The molecule has 0 saturated heterocycles. The first-order chi connectivity index (χ1) is 8.99. The monoisotopic (exact) mass is 270 g/mol. The summed E-state index contributed by atoms with van der Waals surface area (Å²) in [6.07, 6.45) is 1.08. The van der Waals surface area contributed by atoms with Gasteiger partial charge < -0.3 is 10.0 Å². The van der Waals surface area contributed by atoms with Gasteiger partial charge in [0.05, 0.1) is 6.54 Å². The van der Waals surface area contributed by atoms with Crippen molar-refractivity contribution in [2.45, 2.75) is 32.1 Å². The van der Waals surface area contributed by atoms with E-state index in [0.29, 0.717) is 0 Å². The van der Waals surface area contributed by atoms with Crippen LogP contribution in [0.25, 0.3) is 0 Å². The van der Waals surface area contributed by atoms with E-state index < -0.39 is 18.9 Å². The second-order valence-electron chi connectivity index (χ2n) is 4.75. The van der Waals surface area contributed by atoms with Crippen molar-refractivity contribution in [3.8, 4) is 0 Å². The lowest BCUT2D eigenvalue weighted by Gasteiger charge is -2.23. The average Bonchev–Trinajstić information content (AvgIpc) is 2.36. The maximum Gasteiger partial charge on any atom is 0.339 e. The molecule has 19 heavy (non-hydrogen) atoms. The first kappa shape index (κ1) is 13.7. The van der Waals surface area contributed by atoms with Gasteiger partial charge in [-0.15, -0.1) is 0 Å². The number of halogens is 2. The summed E-state index contributed by atoms with van der Waals surface area (Å²) in [5.74, 6) is -0.995. The van der Waals surface area contributed by atoms with Gasteiger partial charge in [0.15, 0.2) is 0 Å². The third-order valence-corrected chi connectivity index (χ3v) is 3.28. The Balaban J connectivity index is 2.42. The minimum atomic E-state index is -2.52. The van der Waals surface area contributed by atoms with Crippen LogP contribution in [0, 0.1) is 0 Å². The smallest absolute Gasteiger partial charge is 0.339 e. The molecule has 0 atom stereocenters. The molecule has 0 aromatic carbocycles. The van der Waals surface area contributed by atoms with E-state index in [1.54, 1.807) is 6.07 Å². The Labute approximate surface area is 110 Å². The number of aromatic nitrogens is 1. The van der Waals surface area contributed by atoms with E-state index in [0.717, 1.165) is 36.9 Å². The zero-order valence-electron chi connectivity index (χ0n) is 10.7. The number of fused-ring (bicyclic) bond motifs is 1. The Morgan fingerprint density at radius 2 is 2.16 bits per heavy atom. The van der Waals surface area contributed by atoms with Crippen molar-refractivity contribution in [1.82, 2.24) is 4.98 Å². The molecule has 0 radical (unpaired) electrons. The van der Waals surface area contributed by atoms with E-state index in [-0.39, 0.29) is 11.4 Å². The Kier molecular flexibility index (Phi) is 3.97. The Hall–Kier alpha value is -1.72. The van der Waals surface area contributed by atoms with Crippen molar-refractivity contribution in [2.75, 3.05) is 18.5 Å². The summed E-state index contributed by atoms with van der Waals surface area (Å²) in [4.78, 5) is 16.8. The molecule has 104 valence electrons. The molecule has 1 N–H and O–H groups in total. The molecule has 1 aliphatic carbocycles. The SMILES string of the molecule is CN(CC(F)F)c1nc2c(cc1C(=O)O)CCCC2. The van der Waals surface area contributed by atoms with E-state index in [2.05, 4.69) is 4.98 Å². The number of hydrogen-bond donors (Lipinski definition) is 1. The Bertz CT molecular complexity index is 492. The molecule has 4 nitrogen and oxygen atoms in total. The molecule has 0 fully saturated rings. The van der Waals surface area contributed by atoms with Crippen LogP contribution in [0.5, 0.6) is 0 Å². The van der Waals surface area contributed by atoms with Crippen molar-refractivity contribution in [3.05, 3.63) is 22.9 Å². The molecule has 0 aliphatic heterocycles. The average molecular weight is 270 g/mol. The summed E-state index contributed by atoms with van der Waals surface area (Å²) in [6.45, 7) is -0.522. The number of alkyl halides is 2. The molecule has 1 heterocycles. The summed E-state index contributed by atoms with van der Waals surface area (Å²) in [5.41, 5.74) is 1.77. The third-order valence-electron chi connectivity index (χ3n) is 3.28. The van der Waals surface area contributed by atoms with Crippen molar-refractivity contribution < 1.29 is 18.7 Å². The molecule has 0 unspecified atom stereocenters. The molecule has 1 aliphatic rings. The highest BCUT2D eigenvalue weighted by Gasteiger charge is 2.22. The van der Waals surface area contributed by atoms with Crippen LogP contribution in [0.4, 0.5) is 14.6 Å². The van der Waals surface area contributed by atoms with Gasteiger partial charge >= 0.3 is 5.97 Å². The van der Waals surface area contributed by atoms with Crippen molar-refractivity contribution in [1.29, 1.82) is 0 Å². The van der Waals surface area contributed by atoms with Gasteiger partial charge in [-0.3, -0.25) is 0 Å². The lowest BCUT2D eigenvalue weighted by atomic mass is 9.94. The number of rotatable bonds is 4. The van der Waals surface area contributed by atoms with Gasteiger partial charge in [-0.05, 0) is 37.3 Å². The fourth-order valence-corrected chi connectivity index (χ4v) is 2.36. The molecule has 1 aromatic rings. The van der Waals surface area contributed by atoms with Crippen LogP contribution < -0.4 is 4.90 Å². The van der Waals surface area contributed by atoms with Gasteiger partial charge in [-0.2, -0.15) is 0 Å².